The molecule has 0 N–H and O–H groups in total. The minimum atomic E-state index is -0.0115. The third-order valence-corrected chi connectivity index (χ3v) is 12.5. The summed E-state index contributed by atoms with van der Waals surface area (Å²) in [7, 11) is 0. The van der Waals surface area contributed by atoms with E-state index in [0.29, 0.717) is 26.1 Å². The van der Waals surface area contributed by atoms with Crippen LogP contribution in [0.15, 0.2) is 23.1 Å². The van der Waals surface area contributed by atoms with Crippen LogP contribution in [-0.4, -0.2) is 44.6 Å². The van der Waals surface area contributed by atoms with Crippen molar-refractivity contribution >= 4 is 23.7 Å². The number of carbonyl (C=O) groups is 2. The summed E-state index contributed by atoms with van der Waals surface area (Å²) >= 11 is 1.73. The fraction of sp³-hybridized carbons (Fsp3) is 0.849. The van der Waals surface area contributed by atoms with Gasteiger partial charge in [0.2, 0.25) is 0 Å². The van der Waals surface area contributed by atoms with E-state index in [0.717, 1.165) is 76.1 Å². The average molecular weight is 861 g/mol. The Labute approximate surface area is 375 Å². The predicted octanol–water partition coefficient (Wildman–Crippen LogP) is 17.1. The number of benzene rings is 1. The SMILES string of the molecule is CCCCCCCCCCCCOC(=O)CCCCCCCCCCOc1ccc(SC)cc1OCCCCCCCCCCC(=O)OCCCCCCCCCCCC. The van der Waals surface area contributed by atoms with E-state index >= 15 is 0 Å². The van der Waals surface area contributed by atoms with Crippen LogP contribution < -0.4 is 9.47 Å². The number of unbranched alkanes of at least 4 members (excludes halogenated alkanes) is 32. The van der Waals surface area contributed by atoms with Crippen molar-refractivity contribution in [2.75, 3.05) is 32.7 Å². The standard InChI is InChI=1S/C53H96O6S/c1-4-6-8-10-12-14-18-26-32-38-46-58-52(54)40-34-28-22-16-20-24-30-36-44-56-50-43-42-49(60-3)48-51(50)57-45-37-31-25-21-17-23-29-35-41-53(55)59-47-39-33-27-19-15-13-11-9-7-5-2/h42-43,48H,4-41,44-47H2,1-3H3. The highest BCUT2D eigenvalue weighted by Crippen LogP contribution is 2.32. The average Bonchev–Trinajstić information content (AvgIpc) is 3.25. The Morgan fingerprint density at radius 2 is 0.683 bits per heavy atom. The first-order valence-electron chi connectivity index (χ1n) is 25.9. The second-order valence-electron chi connectivity index (χ2n) is 17.5. The molecule has 0 fully saturated rings. The van der Waals surface area contributed by atoms with Crippen LogP contribution in [0.2, 0.25) is 0 Å². The molecule has 350 valence electrons. The van der Waals surface area contributed by atoms with Gasteiger partial charge in [-0.15, -0.1) is 11.8 Å². The molecule has 0 unspecified atom stereocenters. The van der Waals surface area contributed by atoms with Gasteiger partial charge in [0.15, 0.2) is 11.5 Å². The molecule has 0 atom stereocenters. The first-order chi connectivity index (χ1) is 29.6. The predicted molar refractivity (Wildman–Crippen MR) is 258 cm³/mol. The topological polar surface area (TPSA) is 71.1 Å². The summed E-state index contributed by atoms with van der Waals surface area (Å²) in [4.78, 5) is 25.3. The van der Waals surface area contributed by atoms with E-state index in [9.17, 15) is 9.59 Å². The van der Waals surface area contributed by atoms with Crippen molar-refractivity contribution < 1.29 is 28.5 Å². The molecule has 0 aliphatic rings. The minimum absolute atomic E-state index is 0.0115. The summed E-state index contributed by atoms with van der Waals surface area (Å²) in [5.41, 5.74) is 0. The van der Waals surface area contributed by atoms with E-state index in [1.165, 1.54) is 185 Å². The zero-order chi connectivity index (χ0) is 43.2. The van der Waals surface area contributed by atoms with E-state index in [1.807, 2.05) is 0 Å². The van der Waals surface area contributed by atoms with Crippen molar-refractivity contribution in [1.82, 2.24) is 0 Å². The van der Waals surface area contributed by atoms with E-state index in [-0.39, 0.29) is 11.9 Å². The molecule has 1 aromatic rings. The van der Waals surface area contributed by atoms with Crippen molar-refractivity contribution in [2.24, 2.45) is 0 Å². The molecule has 1 aromatic carbocycles. The first-order valence-corrected chi connectivity index (χ1v) is 27.1. The molecule has 6 nitrogen and oxygen atoms in total. The maximum absolute atomic E-state index is 12.1. The maximum Gasteiger partial charge on any atom is 0.305 e. The molecule has 0 bridgehead atoms. The molecule has 0 spiro atoms. The number of hydrogen-bond donors (Lipinski definition) is 0. The summed E-state index contributed by atoms with van der Waals surface area (Å²) < 4.78 is 23.3. The third-order valence-electron chi connectivity index (χ3n) is 11.7. The first kappa shape index (κ1) is 56.1. The lowest BCUT2D eigenvalue weighted by Crippen LogP contribution is -2.05. The van der Waals surface area contributed by atoms with Crippen molar-refractivity contribution in [1.29, 1.82) is 0 Å². The Morgan fingerprint density at radius 1 is 0.383 bits per heavy atom. The highest BCUT2D eigenvalue weighted by molar-refractivity contribution is 7.98. The smallest absolute Gasteiger partial charge is 0.305 e. The molecule has 1 rings (SSSR count). The molecule has 0 aromatic heterocycles. The van der Waals surface area contributed by atoms with Gasteiger partial charge in [-0.05, 0) is 63.0 Å². The summed E-state index contributed by atoms with van der Waals surface area (Å²) in [5, 5.41) is 0. The molecule has 0 heterocycles. The Morgan fingerprint density at radius 3 is 1.03 bits per heavy atom. The highest BCUT2D eigenvalue weighted by atomic mass is 32.2. The fourth-order valence-corrected chi connectivity index (χ4v) is 8.20. The van der Waals surface area contributed by atoms with Gasteiger partial charge < -0.3 is 18.9 Å². The van der Waals surface area contributed by atoms with Crippen LogP contribution in [-0.2, 0) is 19.1 Å². The third kappa shape index (κ3) is 37.8. The second kappa shape index (κ2) is 45.1. The van der Waals surface area contributed by atoms with Crippen molar-refractivity contribution in [3.63, 3.8) is 0 Å². The molecular weight excluding hydrogens is 765 g/mol. The summed E-state index contributed by atoms with van der Waals surface area (Å²) in [6, 6.07) is 6.30. The van der Waals surface area contributed by atoms with Gasteiger partial charge >= 0.3 is 11.9 Å². The lowest BCUT2D eigenvalue weighted by molar-refractivity contribution is -0.144. The number of esters is 2. The number of rotatable bonds is 47. The molecule has 0 saturated heterocycles. The van der Waals surface area contributed by atoms with Crippen molar-refractivity contribution in [2.45, 2.75) is 263 Å². The molecule has 0 aliphatic heterocycles. The minimum Gasteiger partial charge on any atom is -0.490 e. The van der Waals surface area contributed by atoms with Gasteiger partial charge in [-0.1, -0.05) is 206 Å². The second-order valence-corrected chi connectivity index (χ2v) is 18.4. The fourth-order valence-electron chi connectivity index (χ4n) is 7.77. The molecule has 0 radical (unpaired) electrons. The van der Waals surface area contributed by atoms with Gasteiger partial charge in [0.05, 0.1) is 26.4 Å². The van der Waals surface area contributed by atoms with Crippen LogP contribution >= 0.6 is 11.8 Å². The Bertz CT molecular complexity index is 1080. The van der Waals surface area contributed by atoms with E-state index < -0.39 is 0 Å². The van der Waals surface area contributed by atoms with E-state index in [1.54, 1.807) is 11.8 Å². The van der Waals surface area contributed by atoms with Gasteiger partial charge in [-0.25, -0.2) is 0 Å². The van der Waals surface area contributed by atoms with E-state index in [4.69, 9.17) is 18.9 Å². The quantitative estimate of drug-likeness (QED) is 0.0367. The van der Waals surface area contributed by atoms with Crippen molar-refractivity contribution in [3.8, 4) is 11.5 Å². The van der Waals surface area contributed by atoms with E-state index in [2.05, 4.69) is 38.3 Å². The normalized spacial score (nSPS) is 11.2. The number of hydrogen-bond acceptors (Lipinski definition) is 7. The lowest BCUT2D eigenvalue weighted by atomic mass is 10.1. The van der Waals surface area contributed by atoms with Gasteiger partial charge in [0.1, 0.15) is 0 Å². The highest BCUT2D eigenvalue weighted by Gasteiger charge is 2.08. The Kier molecular flexibility index (Phi) is 42.2. The molecule has 0 amide bonds. The lowest BCUT2D eigenvalue weighted by Gasteiger charge is -2.14. The largest absolute Gasteiger partial charge is 0.490 e. The van der Waals surface area contributed by atoms with Crippen molar-refractivity contribution in [3.05, 3.63) is 18.2 Å². The molecule has 0 aliphatic carbocycles. The van der Waals surface area contributed by atoms with Crippen LogP contribution in [0, 0.1) is 0 Å². The monoisotopic (exact) mass is 861 g/mol. The van der Waals surface area contributed by atoms with Crippen LogP contribution in [0.25, 0.3) is 0 Å². The van der Waals surface area contributed by atoms with Gasteiger partial charge in [-0.2, -0.15) is 0 Å². The van der Waals surface area contributed by atoms with Crippen LogP contribution in [0.1, 0.15) is 258 Å². The van der Waals surface area contributed by atoms with Gasteiger partial charge in [0, 0.05) is 17.7 Å². The van der Waals surface area contributed by atoms with Gasteiger partial charge in [0.25, 0.3) is 0 Å². The van der Waals surface area contributed by atoms with Crippen LogP contribution in [0.5, 0.6) is 11.5 Å². The number of carbonyl (C=O) groups excluding carboxylic acids is 2. The molecule has 7 heteroatoms. The van der Waals surface area contributed by atoms with Crippen LogP contribution in [0.3, 0.4) is 0 Å². The number of thioether (sulfide) groups is 1. The molecule has 60 heavy (non-hydrogen) atoms. The summed E-state index contributed by atoms with van der Waals surface area (Å²) in [6.45, 7) is 7.17. The zero-order valence-corrected chi connectivity index (χ0v) is 40.6. The summed E-state index contributed by atoms with van der Waals surface area (Å²) in [5.74, 6) is 1.70. The Balaban J connectivity index is 1.95. The molecule has 0 saturated carbocycles. The van der Waals surface area contributed by atoms with Gasteiger partial charge in [-0.3, -0.25) is 9.59 Å². The summed E-state index contributed by atoms with van der Waals surface area (Å²) in [6.07, 6.45) is 47.6. The zero-order valence-electron chi connectivity index (χ0n) is 39.8. The number of ether oxygens (including phenoxy) is 4. The maximum atomic E-state index is 12.1. The van der Waals surface area contributed by atoms with Crippen LogP contribution in [0.4, 0.5) is 0 Å². The molecular formula is C53H96O6S. The Hall–Kier alpha value is -1.89.